The molecule has 7 heteroatoms. The third-order valence-electron chi connectivity index (χ3n) is 4.02. The Morgan fingerprint density at radius 1 is 1.25 bits per heavy atom. The van der Waals surface area contributed by atoms with Gasteiger partial charge in [-0.2, -0.15) is 0 Å². The number of hydrogen-bond acceptors (Lipinski definition) is 4. The summed E-state index contributed by atoms with van der Waals surface area (Å²) in [5.41, 5.74) is 8.45. The summed E-state index contributed by atoms with van der Waals surface area (Å²) in [7, 11) is -1.82. The van der Waals surface area contributed by atoms with Crippen LogP contribution in [0.4, 0.5) is 0 Å². The van der Waals surface area contributed by atoms with Crippen molar-refractivity contribution in [2.45, 2.75) is 70.7 Å². The van der Waals surface area contributed by atoms with Gasteiger partial charge in [0.25, 0.3) is 0 Å². The van der Waals surface area contributed by atoms with E-state index in [1.807, 2.05) is 13.8 Å². The van der Waals surface area contributed by atoms with Gasteiger partial charge in [-0.1, -0.05) is 25.9 Å². The van der Waals surface area contributed by atoms with Crippen LogP contribution in [0, 0.1) is 0 Å². The summed E-state index contributed by atoms with van der Waals surface area (Å²) in [5.74, 6) is -0.656. The molecule has 1 saturated heterocycles. The first-order valence-corrected chi connectivity index (χ1v) is 9.90. The highest BCUT2D eigenvalue weighted by molar-refractivity contribution is 6.74. The molecule has 20 heavy (non-hydrogen) atoms. The highest BCUT2D eigenvalue weighted by atomic mass is 28.4. The monoisotopic (exact) mass is 301 g/mol. The summed E-state index contributed by atoms with van der Waals surface area (Å²) in [4.78, 5) is 2.79. The fourth-order valence-corrected chi connectivity index (χ4v) is 2.84. The average molecular weight is 301 g/mol. The fourth-order valence-electron chi connectivity index (χ4n) is 1.83. The van der Waals surface area contributed by atoms with Gasteiger partial charge in [-0.25, -0.2) is 0 Å². The lowest BCUT2D eigenvalue weighted by atomic mass is 10.2. The number of azide groups is 1. The van der Waals surface area contributed by atoms with Gasteiger partial charge in [0.1, 0.15) is 6.10 Å². The predicted molar refractivity (Wildman–Crippen MR) is 81.0 cm³/mol. The van der Waals surface area contributed by atoms with Crippen molar-refractivity contribution in [3.8, 4) is 0 Å². The maximum absolute atomic E-state index is 8.45. The molecule has 116 valence electrons. The van der Waals surface area contributed by atoms with Gasteiger partial charge in [-0.15, -0.1) is 0 Å². The standard InChI is InChI=1S/C13H27N3O3Si/c1-12(2,3)20(6,7)17-9-11-10(8-15-16-14)18-13(4,5)19-11/h10-11H,8-9H2,1-7H3/t10-,11-/m1/s1. The maximum Gasteiger partial charge on any atom is 0.192 e. The lowest BCUT2D eigenvalue weighted by Gasteiger charge is -2.37. The number of ether oxygens (including phenoxy) is 2. The highest BCUT2D eigenvalue weighted by Crippen LogP contribution is 2.37. The Kier molecular flexibility index (Phi) is 5.27. The molecule has 1 fully saturated rings. The molecule has 0 aliphatic carbocycles. The van der Waals surface area contributed by atoms with E-state index in [0.29, 0.717) is 6.61 Å². The van der Waals surface area contributed by atoms with Crippen molar-refractivity contribution in [3.05, 3.63) is 10.4 Å². The molecule has 0 unspecified atom stereocenters. The van der Waals surface area contributed by atoms with Crippen LogP contribution in [0.15, 0.2) is 5.11 Å². The van der Waals surface area contributed by atoms with Crippen LogP contribution in [0.3, 0.4) is 0 Å². The zero-order valence-corrected chi connectivity index (χ0v) is 14.6. The third kappa shape index (κ3) is 4.46. The van der Waals surface area contributed by atoms with E-state index in [-0.39, 0.29) is 23.8 Å². The zero-order chi connectivity index (χ0) is 15.6. The molecule has 0 amide bonds. The molecule has 0 aromatic carbocycles. The first-order chi connectivity index (χ1) is 8.98. The Morgan fingerprint density at radius 3 is 2.30 bits per heavy atom. The van der Waals surface area contributed by atoms with E-state index < -0.39 is 14.1 Å². The smallest absolute Gasteiger partial charge is 0.192 e. The van der Waals surface area contributed by atoms with Gasteiger partial charge in [0.2, 0.25) is 0 Å². The van der Waals surface area contributed by atoms with Gasteiger partial charge < -0.3 is 13.9 Å². The molecular formula is C13H27N3O3Si. The lowest BCUT2D eigenvalue weighted by molar-refractivity contribution is -0.148. The molecule has 1 heterocycles. The van der Waals surface area contributed by atoms with E-state index >= 15 is 0 Å². The van der Waals surface area contributed by atoms with E-state index in [0.717, 1.165) is 0 Å². The minimum Gasteiger partial charge on any atom is -0.414 e. The van der Waals surface area contributed by atoms with Crippen molar-refractivity contribution in [1.82, 2.24) is 0 Å². The summed E-state index contributed by atoms with van der Waals surface area (Å²) < 4.78 is 17.8. The Labute approximate surface area is 122 Å². The van der Waals surface area contributed by atoms with E-state index in [1.165, 1.54) is 0 Å². The number of hydrogen-bond donors (Lipinski definition) is 0. The second kappa shape index (κ2) is 6.03. The van der Waals surface area contributed by atoms with Gasteiger partial charge in [-0.05, 0) is 37.5 Å². The summed E-state index contributed by atoms with van der Waals surface area (Å²) in [6.07, 6.45) is -0.435. The lowest BCUT2D eigenvalue weighted by Crippen LogP contribution is -2.44. The largest absolute Gasteiger partial charge is 0.414 e. The molecule has 1 aliphatic heterocycles. The highest BCUT2D eigenvalue weighted by Gasteiger charge is 2.43. The van der Waals surface area contributed by atoms with Crippen LogP contribution in [-0.4, -0.2) is 39.5 Å². The first-order valence-electron chi connectivity index (χ1n) is 6.99. The summed E-state index contributed by atoms with van der Waals surface area (Å²) in [6.45, 7) is 15.5. The first kappa shape index (κ1) is 17.5. The molecule has 0 radical (unpaired) electrons. The number of nitrogens with zero attached hydrogens (tertiary/aromatic N) is 3. The van der Waals surface area contributed by atoms with Gasteiger partial charge >= 0.3 is 0 Å². The third-order valence-corrected chi connectivity index (χ3v) is 8.53. The van der Waals surface area contributed by atoms with Crippen molar-refractivity contribution in [3.63, 3.8) is 0 Å². The van der Waals surface area contributed by atoms with Gasteiger partial charge in [-0.3, -0.25) is 0 Å². The Balaban J connectivity index is 2.67. The molecule has 0 spiro atoms. The van der Waals surface area contributed by atoms with Crippen LogP contribution in [0.5, 0.6) is 0 Å². The van der Waals surface area contributed by atoms with Crippen molar-refractivity contribution >= 4 is 8.32 Å². The fraction of sp³-hybridized carbons (Fsp3) is 1.00. The Bertz CT molecular complexity index is 387. The molecule has 0 bridgehead atoms. The molecule has 1 rings (SSSR count). The van der Waals surface area contributed by atoms with E-state index in [4.69, 9.17) is 19.4 Å². The number of rotatable bonds is 5. The molecule has 0 aromatic heterocycles. The minimum atomic E-state index is -1.82. The maximum atomic E-state index is 8.45. The van der Waals surface area contributed by atoms with Gasteiger partial charge in [0.05, 0.1) is 19.3 Å². The summed E-state index contributed by atoms with van der Waals surface area (Å²) in [6, 6.07) is 0. The minimum absolute atomic E-state index is 0.155. The van der Waals surface area contributed by atoms with Gasteiger partial charge in [0.15, 0.2) is 14.1 Å². The quantitative estimate of drug-likeness (QED) is 0.335. The molecule has 6 nitrogen and oxygen atoms in total. The van der Waals surface area contributed by atoms with Gasteiger partial charge in [0, 0.05) is 4.91 Å². The second-order valence-electron chi connectivity index (χ2n) is 7.20. The van der Waals surface area contributed by atoms with E-state index in [1.54, 1.807) is 0 Å². The zero-order valence-electron chi connectivity index (χ0n) is 13.6. The van der Waals surface area contributed by atoms with Crippen LogP contribution < -0.4 is 0 Å². The molecule has 0 saturated carbocycles. The molecule has 1 aliphatic rings. The Hall–Kier alpha value is -0.593. The second-order valence-corrected chi connectivity index (χ2v) is 12.0. The topological polar surface area (TPSA) is 76.5 Å². The van der Waals surface area contributed by atoms with Crippen LogP contribution in [0.25, 0.3) is 10.4 Å². The van der Waals surface area contributed by atoms with Crippen LogP contribution in [0.1, 0.15) is 34.6 Å². The van der Waals surface area contributed by atoms with Crippen LogP contribution >= 0.6 is 0 Å². The normalized spacial score (nSPS) is 26.4. The molecule has 0 N–H and O–H groups in total. The Morgan fingerprint density at radius 2 is 1.80 bits per heavy atom. The van der Waals surface area contributed by atoms with E-state index in [2.05, 4.69) is 43.9 Å². The van der Waals surface area contributed by atoms with Crippen molar-refractivity contribution in [2.24, 2.45) is 5.11 Å². The molecule has 2 atom stereocenters. The summed E-state index contributed by atoms with van der Waals surface area (Å²) in [5, 5.41) is 3.75. The molecule has 0 aromatic rings. The van der Waals surface area contributed by atoms with Crippen molar-refractivity contribution in [2.75, 3.05) is 13.2 Å². The van der Waals surface area contributed by atoms with Crippen LogP contribution in [-0.2, 0) is 13.9 Å². The summed E-state index contributed by atoms with van der Waals surface area (Å²) >= 11 is 0. The molecular weight excluding hydrogens is 274 g/mol. The van der Waals surface area contributed by atoms with Crippen LogP contribution in [0.2, 0.25) is 18.1 Å². The van der Waals surface area contributed by atoms with Crippen molar-refractivity contribution in [1.29, 1.82) is 0 Å². The average Bonchev–Trinajstić information content (AvgIpc) is 2.57. The predicted octanol–water partition coefficient (Wildman–Crippen LogP) is 3.84. The SMILES string of the molecule is CC1(C)O[C@H](CN=[N+]=[N-])[C@@H](CO[Si](C)(C)C(C)(C)C)O1. The van der Waals surface area contributed by atoms with E-state index in [9.17, 15) is 0 Å². The van der Waals surface area contributed by atoms with Crippen molar-refractivity contribution < 1.29 is 13.9 Å².